The lowest BCUT2D eigenvalue weighted by Crippen LogP contribution is -2.06. The van der Waals surface area contributed by atoms with Crippen LogP contribution in [0.2, 0.25) is 0 Å². The van der Waals surface area contributed by atoms with Gasteiger partial charge in [-0.1, -0.05) is 24.3 Å². The Bertz CT molecular complexity index is 1300. The van der Waals surface area contributed by atoms with Crippen LogP contribution in [0.5, 0.6) is 0 Å². The number of aryl methyl sites for hydroxylation is 1. The molecule has 0 spiro atoms. The normalized spacial score (nSPS) is 11.4. The van der Waals surface area contributed by atoms with E-state index in [9.17, 15) is 4.39 Å². The van der Waals surface area contributed by atoms with E-state index >= 15 is 0 Å². The molecule has 0 amide bonds. The fourth-order valence-electron chi connectivity index (χ4n) is 3.18. The van der Waals surface area contributed by atoms with E-state index in [1.807, 2.05) is 31.2 Å². The number of H-pyrrole nitrogens is 1. The van der Waals surface area contributed by atoms with Crippen molar-refractivity contribution in [3.63, 3.8) is 0 Å². The average Bonchev–Trinajstić information content (AvgIpc) is 3.31. The molecule has 0 radical (unpaired) electrons. The molecule has 5 aromatic rings. The minimum absolute atomic E-state index is 0.354. The van der Waals surface area contributed by atoms with Crippen LogP contribution >= 0.6 is 0 Å². The number of hydrogen-bond donors (Lipinski definition) is 2. The van der Waals surface area contributed by atoms with Crippen molar-refractivity contribution >= 4 is 22.5 Å². The number of halogens is 1. The van der Waals surface area contributed by atoms with E-state index in [-0.39, 0.29) is 5.82 Å². The van der Waals surface area contributed by atoms with Crippen LogP contribution in [-0.2, 0) is 6.54 Å². The molecule has 0 saturated carbocycles. The number of anilines is 1. The summed E-state index contributed by atoms with van der Waals surface area (Å²) in [7, 11) is 0. The molecule has 2 aromatic carbocycles. The van der Waals surface area contributed by atoms with Gasteiger partial charge in [-0.05, 0) is 42.8 Å². The lowest BCUT2D eigenvalue weighted by molar-refractivity contribution is 0.629. The van der Waals surface area contributed by atoms with Crippen molar-refractivity contribution in [2.75, 3.05) is 5.32 Å². The van der Waals surface area contributed by atoms with E-state index in [2.05, 4.69) is 30.6 Å². The fourth-order valence-corrected chi connectivity index (χ4v) is 3.18. The summed E-state index contributed by atoms with van der Waals surface area (Å²) in [6.07, 6.45) is 0. The van der Waals surface area contributed by atoms with Crippen molar-refractivity contribution in [3.8, 4) is 11.4 Å². The van der Waals surface area contributed by atoms with Crippen LogP contribution < -0.4 is 5.32 Å². The first-order valence-corrected chi connectivity index (χ1v) is 8.84. The van der Waals surface area contributed by atoms with Gasteiger partial charge in [0.1, 0.15) is 17.5 Å². The number of para-hydroxylation sites is 1. The zero-order chi connectivity index (χ0) is 19.1. The van der Waals surface area contributed by atoms with Gasteiger partial charge in [-0.15, -0.1) is 15.3 Å². The highest BCUT2D eigenvalue weighted by Gasteiger charge is 2.13. The third-order valence-electron chi connectivity index (χ3n) is 4.58. The standard InChI is InChI=1S/C20H16FN7/c1-12-5-4-8-15-19(12)24-17(23-15)11-22-16-9-10-18-25-26-20(28(18)27-16)13-6-2-3-7-14(13)21/h2-10H,11H2,1H3,(H,22,27)(H,23,24). The monoisotopic (exact) mass is 373 g/mol. The highest BCUT2D eigenvalue weighted by Crippen LogP contribution is 2.21. The van der Waals surface area contributed by atoms with Gasteiger partial charge in [0.2, 0.25) is 0 Å². The van der Waals surface area contributed by atoms with Crippen LogP contribution in [0.25, 0.3) is 28.1 Å². The minimum Gasteiger partial charge on any atom is -0.361 e. The molecule has 0 aliphatic carbocycles. The smallest absolute Gasteiger partial charge is 0.188 e. The molecule has 138 valence electrons. The second kappa shape index (κ2) is 6.41. The predicted molar refractivity (Wildman–Crippen MR) is 104 cm³/mol. The molecule has 5 rings (SSSR count). The topological polar surface area (TPSA) is 83.8 Å². The number of aromatic amines is 1. The largest absolute Gasteiger partial charge is 0.361 e. The van der Waals surface area contributed by atoms with Crippen molar-refractivity contribution < 1.29 is 4.39 Å². The van der Waals surface area contributed by atoms with Gasteiger partial charge in [0, 0.05) is 0 Å². The highest BCUT2D eigenvalue weighted by molar-refractivity contribution is 5.78. The van der Waals surface area contributed by atoms with Gasteiger partial charge in [0.05, 0.1) is 23.1 Å². The average molecular weight is 373 g/mol. The molecule has 2 N–H and O–H groups in total. The van der Waals surface area contributed by atoms with Crippen molar-refractivity contribution in [1.82, 2.24) is 29.8 Å². The van der Waals surface area contributed by atoms with Gasteiger partial charge in [-0.2, -0.15) is 4.52 Å². The van der Waals surface area contributed by atoms with Crippen molar-refractivity contribution in [1.29, 1.82) is 0 Å². The Kier molecular flexibility index (Phi) is 3.75. The van der Waals surface area contributed by atoms with E-state index < -0.39 is 0 Å². The van der Waals surface area contributed by atoms with Crippen molar-refractivity contribution in [2.24, 2.45) is 0 Å². The summed E-state index contributed by atoms with van der Waals surface area (Å²) in [5, 5.41) is 15.9. The van der Waals surface area contributed by atoms with Crippen LogP contribution in [0.1, 0.15) is 11.4 Å². The van der Waals surface area contributed by atoms with E-state index in [0.717, 1.165) is 22.4 Å². The Morgan fingerprint density at radius 3 is 2.79 bits per heavy atom. The second-order valence-corrected chi connectivity index (χ2v) is 6.50. The molecule has 0 aliphatic heterocycles. The molecule has 0 saturated heterocycles. The molecule has 28 heavy (non-hydrogen) atoms. The molecule has 0 atom stereocenters. The number of fused-ring (bicyclic) bond motifs is 2. The SMILES string of the molecule is Cc1cccc2[nH]c(CNc3ccc4nnc(-c5ccccc5F)n4n3)nc12. The Labute approximate surface area is 159 Å². The molecular formula is C20H16FN7. The zero-order valence-corrected chi connectivity index (χ0v) is 15.0. The summed E-state index contributed by atoms with van der Waals surface area (Å²) in [6, 6.07) is 16.1. The zero-order valence-electron chi connectivity index (χ0n) is 15.0. The van der Waals surface area contributed by atoms with Crippen molar-refractivity contribution in [2.45, 2.75) is 13.5 Å². The number of hydrogen-bond acceptors (Lipinski definition) is 5. The molecule has 0 bridgehead atoms. The molecule has 8 heteroatoms. The van der Waals surface area contributed by atoms with Gasteiger partial charge < -0.3 is 10.3 Å². The summed E-state index contributed by atoms with van der Waals surface area (Å²) in [6.45, 7) is 2.51. The van der Waals surface area contributed by atoms with Crippen LogP contribution in [0.4, 0.5) is 10.2 Å². The first-order chi connectivity index (χ1) is 13.7. The minimum atomic E-state index is -0.366. The summed E-state index contributed by atoms with van der Waals surface area (Å²) in [5.74, 6) is 1.41. The molecule has 0 unspecified atom stereocenters. The summed E-state index contributed by atoms with van der Waals surface area (Å²) in [5.41, 5.74) is 3.98. The third kappa shape index (κ3) is 2.75. The lowest BCUT2D eigenvalue weighted by Gasteiger charge is -2.05. The quantitative estimate of drug-likeness (QED) is 0.502. The number of benzene rings is 2. The molecule has 0 aliphatic rings. The van der Waals surface area contributed by atoms with Crippen LogP contribution in [0, 0.1) is 12.7 Å². The lowest BCUT2D eigenvalue weighted by atomic mass is 10.2. The maximum atomic E-state index is 14.1. The summed E-state index contributed by atoms with van der Waals surface area (Å²) < 4.78 is 15.7. The van der Waals surface area contributed by atoms with Crippen LogP contribution in [0.15, 0.2) is 54.6 Å². The van der Waals surface area contributed by atoms with E-state index in [4.69, 9.17) is 0 Å². The second-order valence-electron chi connectivity index (χ2n) is 6.50. The fraction of sp³-hybridized carbons (Fsp3) is 0.100. The predicted octanol–water partition coefficient (Wildman–Crippen LogP) is 3.73. The first-order valence-electron chi connectivity index (χ1n) is 8.84. The molecule has 3 heterocycles. The van der Waals surface area contributed by atoms with Gasteiger partial charge in [0.25, 0.3) is 0 Å². The summed E-state index contributed by atoms with van der Waals surface area (Å²) in [4.78, 5) is 7.93. The Balaban J connectivity index is 1.45. The van der Waals surface area contributed by atoms with Gasteiger partial charge in [-0.25, -0.2) is 9.37 Å². The maximum absolute atomic E-state index is 14.1. The van der Waals surface area contributed by atoms with E-state index in [0.29, 0.717) is 29.4 Å². The number of rotatable bonds is 4. The van der Waals surface area contributed by atoms with Gasteiger partial charge in [0.15, 0.2) is 11.5 Å². The number of aromatic nitrogens is 6. The van der Waals surface area contributed by atoms with E-state index in [1.54, 1.807) is 24.3 Å². The molecule has 3 aromatic heterocycles. The van der Waals surface area contributed by atoms with E-state index in [1.165, 1.54) is 10.6 Å². The molecule has 7 nitrogen and oxygen atoms in total. The van der Waals surface area contributed by atoms with Crippen molar-refractivity contribution in [3.05, 3.63) is 71.8 Å². The maximum Gasteiger partial charge on any atom is 0.188 e. The Morgan fingerprint density at radius 1 is 1.04 bits per heavy atom. The number of nitrogens with zero attached hydrogens (tertiary/aromatic N) is 5. The molecule has 0 fully saturated rings. The Hall–Kier alpha value is -3.81. The molecular weight excluding hydrogens is 357 g/mol. The first kappa shape index (κ1) is 16.4. The summed E-state index contributed by atoms with van der Waals surface area (Å²) >= 11 is 0. The number of nitrogens with one attached hydrogen (secondary N) is 2. The van der Waals surface area contributed by atoms with Crippen LogP contribution in [-0.4, -0.2) is 29.8 Å². The van der Waals surface area contributed by atoms with Gasteiger partial charge in [-0.3, -0.25) is 0 Å². The third-order valence-corrected chi connectivity index (χ3v) is 4.58. The highest BCUT2D eigenvalue weighted by atomic mass is 19.1. The van der Waals surface area contributed by atoms with Crippen LogP contribution in [0.3, 0.4) is 0 Å². The Morgan fingerprint density at radius 2 is 1.93 bits per heavy atom. The number of imidazole rings is 1. The van der Waals surface area contributed by atoms with Gasteiger partial charge >= 0.3 is 0 Å².